The summed E-state index contributed by atoms with van der Waals surface area (Å²) < 4.78 is 11.5. The predicted molar refractivity (Wildman–Crippen MR) is 103 cm³/mol. The molecule has 0 aliphatic heterocycles. The van der Waals surface area contributed by atoms with Crippen LogP contribution in [-0.2, 0) is 16.1 Å². The molecule has 9 heteroatoms. The van der Waals surface area contributed by atoms with Crippen LogP contribution < -0.4 is 5.76 Å². The molecule has 150 valence electrons. The lowest BCUT2D eigenvalue weighted by Crippen LogP contribution is -2.24. The number of esters is 1. The Morgan fingerprint density at radius 2 is 1.93 bits per heavy atom. The fraction of sp³-hybridized carbons (Fsp3) is 0.250. The van der Waals surface area contributed by atoms with Crippen LogP contribution in [0, 0.1) is 10.1 Å². The maximum atomic E-state index is 12.2. The van der Waals surface area contributed by atoms with E-state index >= 15 is 0 Å². The van der Waals surface area contributed by atoms with Crippen LogP contribution in [-0.4, -0.2) is 27.3 Å². The molecule has 0 fully saturated rings. The van der Waals surface area contributed by atoms with Gasteiger partial charge in [0.05, 0.1) is 16.5 Å². The third-order valence-corrected chi connectivity index (χ3v) is 4.36. The van der Waals surface area contributed by atoms with Crippen LogP contribution in [0.25, 0.3) is 11.1 Å². The number of rotatable bonds is 8. The molecule has 0 bridgehead atoms. The molecule has 9 nitrogen and oxygen atoms in total. The molecule has 0 unspecified atom stereocenters. The summed E-state index contributed by atoms with van der Waals surface area (Å²) in [7, 11) is 0. The van der Waals surface area contributed by atoms with Crippen molar-refractivity contribution in [3.63, 3.8) is 0 Å². The van der Waals surface area contributed by atoms with Gasteiger partial charge >= 0.3 is 11.7 Å². The van der Waals surface area contributed by atoms with Gasteiger partial charge in [0.1, 0.15) is 0 Å². The third-order valence-electron chi connectivity index (χ3n) is 4.36. The number of hydrogen-bond donors (Lipinski definition) is 0. The van der Waals surface area contributed by atoms with E-state index in [0.29, 0.717) is 11.1 Å². The van der Waals surface area contributed by atoms with Gasteiger partial charge in [-0.1, -0.05) is 30.3 Å². The second-order valence-corrected chi connectivity index (χ2v) is 6.39. The van der Waals surface area contributed by atoms with Crippen molar-refractivity contribution >= 4 is 28.5 Å². The summed E-state index contributed by atoms with van der Waals surface area (Å²) >= 11 is 0. The molecule has 0 saturated heterocycles. The Labute approximate surface area is 164 Å². The van der Waals surface area contributed by atoms with E-state index in [-0.39, 0.29) is 36.4 Å². The van der Waals surface area contributed by atoms with E-state index in [1.807, 2.05) is 0 Å². The average molecular weight is 398 g/mol. The first-order chi connectivity index (χ1) is 13.9. The van der Waals surface area contributed by atoms with Gasteiger partial charge in [-0.2, -0.15) is 0 Å². The van der Waals surface area contributed by atoms with Crippen molar-refractivity contribution in [2.75, 3.05) is 0 Å². The summed E-state index contributed by atoms with van der Waals surface area (Å²) in [5.74, 6) is -1.52. The molecule has 0 spiro atoms. The largest absolute Gasteiger partial charge is 0.454 e. The van der Waals surface area contributed by atoms with Gasteiger partial charge < -0.3 is 9.15 Å². The van der Waals surface area contributed by atoms with Gasteiger partial charge in [0.2, 0.25) is 5.78 Å². The summed E-state index contributed by atoms with van der Waals surface area (Å²) in [5, 5.41) is 10.8. The van der Waals surface area contributed by atoms with Crippen LogP contribution in [0.3, 0.4) is 0 Å². The van der Waals surface area contributed by atoms with E-state index in [0.717, 1.165) is 0 Å². The first kappa shape index (κ1) is 20.0. The van der Waals surface area contributed by atoms with Crippen molar-refractivity contribution in [2.24, 2.45) is 0 Å². The van der Waals surface area contributed by atoms with E-state index in [4.69, 9.17) is 9.15 Å². The first-order valence-electron chi connectivity index (χ1n) is 8.93. The SMILES string of the molecule is C[C@@H](OC(=O)CCCn1c(=O)oc2cc([N+](=O)[O-])ccc21)C(=O)c1ccccc1. The highest BCUT2D eigenvalue weighted by Gasteiger charge is 2.19. The standard InChI is InChI=1S/C20H18N2O7/c1-13(19(24)14-6-3-2-4-7-14)28-18(23)8-5-11-21-16-10-9-15(22(26)27)12-17(16)29-20(21)25/h2-4,6-7,9-10,12-13H,5,8,11H2,1H3/t13-/m1/s1. The maximum Gasteiger partial charge on any atom is 0.419 e. The summed E-state index contributed by atoms with van der Waals surface area (Å²) in [6.45, 7) is 1.67. The Morgan fingerprint density at radius 1 is 1.21 bits per heavy atom. The lowest BCUT2D eigenvalue weighted by atomic mass is 10.1. The van der Waals surface area contributed by atoms with E-state index in [2.05, 4.69) is 0 Å². The zero-order chi connectivity index (χ0) is 21.0. The van der Waals surface area contributed by atoms with Crippen LogP contribution in [0.5, 0.6) is 0 Å². The number of carbonyl (C=O) groups is 2. The molecule has 3 aromatic rings. The highest BCUT2D eigenvalue weighted by Crippen LogP contribution is 2.20. The number of hydrogen-bond acceptors (Lipinski definition) is 7. The number of nitro benzene ring substituents is 1. The summed E-state index contributed by atoms with van der Waals surface area (Å²) in [6, 6.07) is 12.4. The fourth-order valence-corrected chi connectivity index (χ4v) is 2.91. The molecular formula is C20H18N2O7. The number of oxazole rings is 1. The molecule has 1 heterocycles. The van der Waals surface area contributed by atoms with Crippen LogP contribution in [0.4, 0.5) is 5.69 Å². The van der Waals surface area contributed by atoms with Crippen molar-refractivity contribution in [3.05, 3.63) is 74.8 Å². The smallest absolute Gasteiger partial charge is 0.419 e. The van der Waals surface area contributed by atoms with Crippen LogP contribution in [0.1, 0.15) is 30.1 Å². The molecule has 1 aromatic heterocycles. The number of benzene rings is 2. The van der Waals surface area contributed by atoms with E-state index in [1.54, 1.807) is 30.3 Å². The number of aromatic nitrogens is 1. The van der Waals surface area contributed by atoms with Crippen LogP contribution in [0.2, 0.25) is 0 Å². The minimum Gasteiger partial charge on any atom is -0.454 e. The van der Waals surface area contributed by atoms with Gasteiger partial charge in [-0.15, -0.1) is 0 Å². The van der Waals surface area contributed by atoms with Gasteiger partial charge in [-0.3, -0.25) is 24.3 Å². The molecule has 0 aliphatic rings. The van der Waals surface area contributed by atoms with Crippen LogP contribution >= 0.6 is 0 Å². The second kappa shape index (κ2) is 8.51. The normalized spacial score (nSPS) is 11.9. The Balaban J connectivity index is 1.58. The van der Waals surface area contributed by atoms with Gasteiger partial charge in [0.25, 0.3) is 5.69 Å². The number of nitro groups is 1. The summed E-state index contributed by atoms with van der Waals surface area (Å²) in [4.78, 5) is 46.5. The molecule has 0 N–H and O–H groups in total. The number of aryl methyl sites for hydroxylation is 1. The average Bonchev–Trinajstić information content (AvgIpc) is 3.02. The molecule has 3 rings (SSSR count). The number of Topliss-reactive ketones (excluding diaryl/α,β-unsaturated/α-hetero) is 1. The summed E-state index contributed by atoms with van der Waals surface area (Å²) in [6.07, 6.45) is -0.641. The molecule has 0 amide bonds. The number of ether oxygens (including phenoxy) is 1. The highest BCUT2D eigenvalue weighted by atomic mass is 16.6. The minimum absolute atomic E-state index is 0.00148. The Kier molecular flexibility index (Phi) is 5.87. The fourth-order valence-electron chi connectivity index (χ4n) is 2.91. The topological polar surface area (TPSA) is 122 Å². The molecule has 0 saturated carbocycles. The van der Waals surface area contributed by atoms with Gasteiger partial charge in [-0.05, 0) is 19.4 Å². The van der Waals surface area contributed by atoms with Crippen LogP contribution in [0.15, 0.2) is 57.7 Å². The lowest BCUT2D eigenvalue weighted by Gasteiger charge is -2.12. The number of nitrogens with zero attached hydrogens (tertiary/aromatic N) is 2. The maximum absolute atomic E-state index is 12.2. The second-order valence-electron chi connectivity index (χ2n) is 6.39. The van der Waals surface area contributed by atoms with Crippen molar-refractivity contribution in [1.82, 2.24) is 4.57 Å². The molecule has 2 aromatic carbocycles. The first-order valence-corrected chi connectivity index (χ1v) is 8.93. The van der Waals surface area contributed by atoms with Gasteiger partial charge in [-0.25, -0.2) is 4.79 Å². The monoisotopic (exact) mass is 398 g/mol. The Morgan fingerprint density at radius 3 is 2.62 bits per heavy atom. The van der Waals surface area contributed by atoms with Crippen molar-refractivity contribution in [3.8, 4) is 0 Å². The van der Waals surface area contributed by atoms with Crippen molar-refractivity contribution in [1.29, 1.82) is 0 Å². The Bertz CT molecular complexity index is 1110. The minimum atomic E-state index is -0.914. The zero-order valence-electron chi connectivity index (χ0n) is 15.6. The molecular weight excluding hydrogens is 380 g/mol. The van der Waals surface area contributed by atoms with E-state index in [1.165, 1.54) is 29.7 Å². The molecule has 1 atom stereocenters. The summed E-state index contributed by atoms with van der Waals surface area (Å²) in [5.41, 5.74) is 0.785. The predicted octanol–water partition coefficient (Wildman–Crippen LogP) is 3.10. The van der Waals surface area contributed by atoms with Crippen molar-refractivity contribution < 1.29 is 23.7 Å². The van der Waals surface area contributed by atoms with E-state index in [9.17, 15) is 24.5 Å². The Hall–Kier alpha value is -3.75. The number of non-ortho nitro benzene ring substituents is 1. The third kappa shape index (κ3) is 4.57. The number of carbonyl (C=O) groups excluding carboxylic acids is 2. The number of ketones is 1. The van der Waals surface area contributed by atoms with Crippen molar-refractivity contribution in [2.45, 2.75) is 32.4 Å². The highest BCUT2D eigenvalue weighted by molar-refractivity contribution is 6.00. The van der Waals surface area contributed by atoms with Gasteiger partial charge in [0, 0.05) is 24.6 Å². The van der Waals surface area contributed by atoms with E-state index < -0.39 is 22.8 Å². The van der Waals surface area contributed by atoms with Gasteiger partial charge in [0.15, 0.2) is 11.7 Å². The zero-order valence-corrected chi connectivity index (χ0v) is 15.6. The lowest BCUT2D eigenvalue weighted by molar-refractivity contribution is -0.384. The molecule has 0 radical (unpaired) electrons. The molecule has 29 heavy (non-hydrogen) atoms. The molecule has 0 aliphatic carbocycles. The number of fused-ring (bicyclic) bond motifs is 1. The quantitative estimate of drug-likeness (QED) is 0.247.